The monoisotopic (exact) mass is 355 g/mol. The average molecular weight is 356 g/mol. The minimum absolute atomic E-state index is 0.104. The van der Waals surface area contributed by atoms with E-state index in [9.17, 15) is 13.2 Å². The van der Waals surface area contributed by atoms with Gasteiger partial charge in [0.2, 0.25) is 0 Å². The average Bonchev–Trinajstić information content (AvgIpc) is 2.54. The van der Waals surface area contributed by atoms with Crippen LogP contribution in [0.4, 0.5) is 0 Å². The summed E-state index contributed by atoms with van der Waals surface area (Å²) in [4.78, 5) is 11.8. The van der Waals surface area contributed by atoms with Gasteiger partial charge in [0.15, 0.2) is 0 Å². The molecule has 1 atom stereocenters. The number of rotatable bonds is 5. The van der Waals surface area contributed by atoms with Gasteiger partial charge in [-0.1, -0.05) is 13.8 Å². The molecule has 0 saturated carbocycles. The summed E-state index contributed by atoms with van der Waals surface area (Å²) in [7, 11) is -3.82. The molecule has 0 aliphatic rings. The second-order valence-corrected chi connectivity index (χ2v) is 8.19. The summed E-state index contributed by atoms with van der Waals surface area (Å²) in [6, 6.07) is 0.550. The van der Waals surface area contributed by atoms with Crippen LogP contribution in [0.1, 0.15) is 18.7 Å². The molecule has 1 rings (SSSR count). The van der Waals surface area contributed by atoms with E-state index >= 15 is 0 Å². The molecular weight excluding hydrogens is 342 g/mol. The van der Waals surface area contributed by atoms with Crippen LogP contribution in [0.5, 0.6) is 0 Å². The molecule has 2 N–H and O–H groups in total. The van der Waals surface area contributed by atoms with Crippen LogP contribution in [0, 0.1) is 12.8 Å². The van der Waals surface area contributed by atoms with Crippen molar-refractivity contribution in [2.24, 2.45) is 5.92 Å². The minimum atomic E-state index is -3.82. The molecule has 0 radical (unpaired) electrons. The van der Waals surface area contributed by atoms with E-state index in [-0.39, 0.29) is 10.1 Å². The second kappa shape index (κ2) is 5.68. The third-order valence-electron chi connectivity index (χ3n) is 2.24. The Morgan fingerprint density at radius 3 is 2.39 bits per heavy atom. The molecule has 0 bridgehead atoms. The fourth-order valence-corrected chi connectivity index (χ4v) is 5.45. The van der Waals surface area contributed by atoms with Crippen LogP contribution in [0.15, 0.2) is 14.7 Å². The summed E-state index contributed by atoms with van der Waals surface area (Å²) in [6.45, 7) is 5.08. The number of hydrogen-bond donors (Lipinski definition) is 2. The quantitative estimate of drug-likeness (QED) is 0.847. The van der Waals surface area contributed by atoms with Crippen LogP contribution in [0.2, 0.25) is 0 Å². The summed E-state index contributed by atoms with van der Waals surface area (Å²) in [5.74, 6) is -1.52. The first-order valence-corrected chi connectivity index (χ1v) is 8.25. The van der Waals surface area contributed by atoms with Crippen molar-refractivity contribution in [1.82, 2.24) is 4.72 Å². The van der Waals surface area contributed by atoms with E-state index in [1.165, 1.54) is 0 Å². The van der Waals surface area contributed by atoms with E-state index in [0.29, 0.717) is 4.47 Å². The molecule has 0 aliphatic carbocycles. The first-order chi connectivity index (χ1) is 8.15. The van der Waals surface area contributed by atoms with Gasteiger partial charge >= 0.3 is 5.97 Å². The van der Waals surface area contributed by atoms with Crippen molar-refractivity contribution in [2.75, 3.05) is 0 Å². The number of carboxylic acid groups (broad SMARTS) is 1. The lowest BCUT2D eigenvalue weighted by Gasteiger charge is -2.17. The Bertz CT molecular complexity index is 550. The lowest BCUT2D eigenvalue weighted by molar-refractivity contribution is -0.140. The van der Waals surface area contributed by atoms with Gasteiger partial charge in [-0.05, 0) is 34.8 Å². The van der Waals surface area contributed by atoms with E-state index in [2.05, 4.69) is 20.7 Å². The van der Waals surface area contributed by atoms with Crippen LogP contribution in [-0.2, 0) is 14.8 Å². The van der Waals surface area contributed by atoms with Crippen LogP contribution in [0.3, 0.4) is 0 Å². The Kier molecular flexibility index (Phi) is 4.93. The number of halogens is 1. The number of carboxylic acids is 1. The molecule has 18 heavy (non-hydrogen) atoms. The highest BCUT2D eigenvalue weighted by molar-refractivity contribution is 9.10. The molecule has 1 aromatic heterocycles. The van der Waals surface area contributed by atoms with Gasteiger partial charge in [-0.2, -0.15) is 4.72 Å². The van der Waals surface area contributed by atoms with Gasteiger partial charge < -0.3 is 5.11 Å². The second-order valence-electron chi connectivity index (χ2n) is 4.17. The third-order valence-corrected chi connectivity index (χ3v) is 6.41. The van der Waals surface area contributed by atoms with Crippen LogP contribution in [-0.4, -0.2) is 25.5 Å². The number of aryl methyl sites for hydroxylation is 1. The van der Waals surface area contributed by atoms with Crippen molar-refractivity contribution < 1.29 is 18.3 Å². The van der Waals surface area contributed by atoms with E-state index in [1.54, 1.807) is 26.8 Å². The highest BCUT2D eigenvalue weighted by atomic mass is 79.9. The molecule has 5 nitrogen and oxygen atoms in total. The van der Waals surface area contributed by atoms with Crippen molar-refractivity contribution in [3.8, 4) is 0 Å². The fraction of sp³-hybridized carbons (Fsp3) is 0.500. The van der Waals surface area contributed by atoms with Crippen molar-refractivity contribution in [3.63, 3.8) is 0 Å². The summed E-state index contributed by atoms with van der Waals surface area (Å²) in [5, 5.41) is 8.99. The first-order valence-electron chi connectivity index (χ1n) is 5.16. The maximum Gasteiger partial charge on any atom is 0.322 e. The number of carbonyl (C=O) groups is 1. The summed E-state index contributed by atoms with van der Waals surface area (Å²) >= 11 is 4.26. The predicted molar refractivity (Wildman–Crippen MR) is 73.3 cm³/mol. The fourth-order valence-electron chi connectivity index (χ4n) is 1.34. The van der Waals surface area contributed by atoms with E-state index < -0.39 is 22.0 Å². The lowest BCUT2D eigenvalue weighted by atomic mass is 10.1. The van der Waals surface area contributed by atoms with Gasteiger partial charge in [0, 0.05) is 9.35 Å². The normalized spacial score (nSPS) is 13.8. The van der Waals surface area contributed by atoms with Gasteiger partial charge in [-0.15, -0.1) is 11.3 Å². The third kappa shape index (κ3) is 3.53. The predicted octanol–water partition coefficient (Wildman–Crippen LogP) is 2.21. The molecule has 1 aromatic rings. The maximum atomic E-state index is 12.1. The molecule has 0 amide bonds. The lowest BCUT2D eigenvalue weighted by Crippen LogP contribution is -2.44. The molecule has 0 spiro atoms. The van der Waals surface area contributed by atoms with Crippen LogP contribution in [0.25, 0.3) is 0 Å². The van der Waals surface area contributed by atoms with Gasteiger partial charge in [-0.25, -0.2) is 8.42 Å². The number of thiophene rings is 1. The molecule has 8 heteroatoms. The molecule has 0 unspecified atom stereocenters. The number of aliphatic carboxylic acids is 1. The van der Waals surface area contributed by atoms with Crippen molar-refractivity contribution in [1.29, 1.82) is 0 Å². The number of nitrogens with one attached hydrogen (secondary N) is 1. The van der Waals surface area contributed by atoms with E-state index in [0.717, 1.165) is 16.2 Å². The van der Waals surface area contributed by atoms with Gasteiger partial charge in [0.05, 0.1) is 0 Å². The molecule has 0 aliphatic heterocycles. The first kappa shape index (κ1) is 15.6. The highest BCUT2D eigenvalue weighted by Crippen LogP contribution is 2.31. The smallest absolute Gasteiger partial charge is 0.322 e. The van der Waals surface area contributed by atoms with Crippen LogP contribution >= 0.6 is 27.3 Å². The Labute approximate surface area is 118 Å². The largest absolute Gasteiger partial charge is 0.480 e. The topological polar surface area (TPSA) is 83.5 Å². The molecule has 0 fully saturated rings. The van der Waals surface area contributed by atoms with Gasteiger partial charge in [0.1, 0.15) is 10.3 Å². The number of sulfonamides is 1. The van der Waals surface area contributed by atoms with Gasteiger partial charge in [0.25, 0.3) is 10.0 Å². The molecule has 1 heterocycles. The molecular formula is C10H14BrNO4S2. The molecule has 102 valence electrons. The maximum absolute atomic E-state index is 12.1. The number of hydrogen-bond acceptors (Lipinski definition) is 4. The highest BCUT2D eigenvalue weighted by Gasteiger charge is 2.30. The SMILES string of the molecule is Cc1cc(Br)c(S(=O)(=O)N[C@H](C(=O)O)C(C)C)s1. The standard InChI is InChI=1S/C10H14BrNO4S2/c1-5(2)8(9(13)14)12-18(15,16)10-7(11)4-6(3)17-10/h4-5,8,12H,1-3H3,(H,13,14)/t8-/m0/s1. The van der Waals surface area contributed by atoms with E-state index in [4.69, 9.17) is 5.11 Å². The van der Waals surface area contributed by atoms with Crippen molar-refractivity contribution in [3.05, 3.63) is 15.4 Å². The van der Waals surface area contributed by atoms with Crippen molar-refractivity contribution >= 4 is 43.3 Å². The molecule has 0 saturated heterocycles. The Morgan fingerprint density at radius 1 is 1.50 bits per heavy atom. The zero-order chi connectivity index (χ0) is 14.1. The van der Waals surface area contributed by atoms with Crippen LogP contribution < -0.4 is 4.72 Å². The Hall–Kier alpha value is -0.440. The van der Waals surface area contributed by atoms with Gasteiger partial charge in [-0.3, -0.25) is 4.79 Å². The zero-order valence-corrected chi connectivity index (χ0v) is 13.3. The molecule has 0 aromatic carbocycles. The summed E-state index contributed by atoms with van der Waals surface area (Å²) < 4.78 is 27.0. The Balaban J connectivity index is 3.08. The zero-order valence-electron chi connectivity index (χ0n) is 10.1. The minimum Gasteiger partial charge on any atom is -0.480 e. The summed E-state index contributed by atoms with van der Waals surface area (Å²) in [6.07, 6.45) is 0. The Morgan fingerprint density at radius 2 is 2.06 bits per heavy atom. The van der Waals surface area contributed by atoms with Crippen molar-refractivity contribution in [2.45, 2.75) is 31.0 Å². The van der Waals surface area contributed by atoms with E-state index in [1.807, 2.05) is 0 Å². The summed E-state index contributed by atoms with van der Waals surface area (Å²) in [5.41, 5.74) is 0.